The van der Waals surface area contributed by atoms with Gasteiger partial charge < -0.3 is 15.2 Å². The molecule has 0 fully saturated rings. The molecule has 0 aliphatic heterocycles. The molecule has 176 valence electrons. The van der Waals surface area contributed by atoms with Crippen molar-refractivity contribution in [2.75, 3.05) is 5.32 Å². The molecule has 1 heterocycles. The zero-order valence-corrected chi connectivity index (χ0v) is 19.9. The van der Waals surface area contributed by atoms with Crippen molar-refractivity contribution in [2.24, 2.45) is 5.92 Å². The third-order valence-corrected chi connectivity index (χ3v) is 6.44. The minimum absolute atomic E-state index is 0.0158. The number of aromatic nitrogens is 2. The maximum atomic E-state index is 13.1. The predicted molar refractivity (Wildman–Crippen MR) is 120 cm³/mol. The molecule has 0 saturated heterocycles. The van der Waals surface area contributed by atoms with Crippen LogP contribution >= 0.6 is 0 Å². The number of carbonyl (C=O) groups is 2. The Morgan fingerprint density at radius 3 is 2.41 bits per heavy atom. The van der Waals surface area contributed by atoms with Gasteiger partial charge in [-0.3, -0.25) is 4.79 Å². The Labute approximate surface area is 188 Å². The number of carbonyl (C=O) groups excluding carboxylic acids is 1. The molecule has 2 rings (SSSR count). The van der Waals surface area contributed by atoms with Crippen LogP contribution in [0.25, 0.3) is 0 Å². The van der Waals surface area contributed by atoms with Crippen molar-refractivity contribution in [2.45, 2.75) is 65.4 Å². The fourth-order valence-electron chi connectivity index (χ4n) is 2.77. The number of sulfonamides is 1. The molecule has 2 aromatic rings. The van der Waals surface area contributed by atoms with Crippen LogP contribution in [0.5, 0.6) is 11.6 Å². The average Bonchev–Trinajstić information content (AvgIpc) is 3.04. The summed E-state index contributed by atoms with van der Waals surface area (Å²) in [7, 11) is -4.02. The molecule has 0 radical (unpaired) electrons. The number of rotatable bonds is 10. The first-order valence-electron chi connectivity index (χ1n) is 10.4. The van der Waals surface area contributed by atoms with Crippen LogP contribution in [0.4, 0.5) is 5.69 Å². The van der Waals surface area contributed by atoms with Gasteiger partial charge in [-0.15, -0.1) is 0 Å². The first kappa shape index (κ1) is 25.3. The summed E-state index contributed by atoms with van der Waals surface area (Å²) in [6.07, 6.45) is 0.572. The van der Waals surface area contributed by atoms with Crippen molar-refractivity contribution in [3.05, 3.63) is 29.5 Å². The molecule has 32 heavy (non-hydrogen) atoms. The van der Waals surface area contributed by atoms with Crippen LogP contribution in [0.3, 0.4) is 0 Å². The molecule has 11 heteroatoms. The molecule has 1 aromatic heterocycles. The van der Waals surface area contributed by atoms with E-state index in [9.17, 15) is 23.1 Å². The largest absolute Gasteiger partial charge is 0.476 e. The topological polar surface area (TPSA) is 140 Å². The van der Waals surface area contributed by atoms with Gasteiger partial charge in [-0.05, 0) is 45.4 Å². The number of hydrogen-bond acceptors (Lipinski definition) is 6. The van der Waals surface area contributed by atoms with Crippen molar-refractivity contribution >= 4 is 27.6 Å². The third kappa shape index (κ3) is 5.65. The van der Waals surface area contributed by atoms with Gasteiger partial charge >= 0.3 is 5.97 Å². The standard InChI is InChI=1S/C21H30N4O6S/c1-7-13(5)24-32(29,30)17-11-15(22-19(26)12(3)4)9-10-16(17)31-20-14(6)18(21(27)28)23-25(20)8-2/h9-13,24H,7-8H2,1-6H3,(H,22,26)(H,27,28). The number of anilines is 1. The highest BCUT2D eigenvalue weighted by Gasteiger charge is 2.26. The lowest BCUT2D eigenvalue weighted by Gasteiger charge is -2.17. The molecule has 1 aromatic carbocycles. The number of nitrogens with zero attached hydrogens (tertiary/aromatic N) is 2. The van der Waals surface area contributed by atoms with Gasteiger partial charge in [0, 0.05) is 29.8 Å². The van der Waals surface area contributed by atoms with Gasteiger partial charge in [0.15, 0.2) is 5.69 Å². The monoisotopic (exact) mass is 466 g/mol. The van der Waals surface area contributed by atoms with Crippen molar-refractivity contribution in [1.82, 2.24) is 14.5 Å². The van der Waals surface area contributed by atoms with Crippen LogP contribution in [0.2, 0.25) is 0 Å². The average molecular weight is 467 g/mol. The molecule has 10 nitrogen and oxygen atoms in total. The number of ether oxygens (including phenoxy) is 1. The molecule has 0 saturated carbocycles. The van der Waals surface area contributed by atoms with Crippen molar-refractivity contribution in [3.63, 3.8) is 0 Å². The molecule has 1 atom stereocenters. The quantitative estimate of drug-likeness (QED) is 0.488. The fraction of sp³-hybridized carbons (Fsp3) is 0.476. The summed E-state index contributed by atoms with van der Waals surface area (Å²) in [5.74, 6) is -1.65. The van der Waals surface area contributed by atoms with E-state index < -0.39 is 16.0 Å². The number of hydrogen-bond donors (Lipinski definition) is 3. The second-order valence-corrected chi connectivity index (χ2v) is 9.42. The number of nitrogens with one attached hydrogen (secondary N) is 2. The van der Waals surface area contributed by atoms with Gasteiger partial charge in [0.2, 0.25) is 21.8 Å². The van der Waals surface area contributed by atoms with Crippen molar-refractivity contribution in [3.8, 4) is 11.6 Å². The summed E-state index contributed by atoms with van der Waals surface area (Å²) >= 11 is 0. The summed E-state index contributed by atoms with van der Waals surface area (Å²) in [5.41, 5.74) is 0.395. The zero-order chi connectivity index (χ0) is 24.2. The molecule has 0 aliphatic rings. The van der Waals surface area contributed by atoms with E-state index in [1.54, 1.807) is 34.6 Å². The van der Waals surface area contributed by atoms with Crippen molar-refractivity contribution in [1.29, 1.82) is 0 Å². The molecule has 3 N–H and O–H groups in total. The lowest BCUT2D eigenvalue weighted by atomic mass is 10.2. The normalized spacial score (nSPS) is 12.6. The molecule has 0 bridgehead atoms. The first-order chi connectivity index (χ1) is 14.9. The molecular weight excluding hydrogens is 436 g/mol. The smallest absolute Gasteiger partial charge is 0.356 e. The summed E-state index contributed by atoms with van der Waals surface area (Å²) in [5, 5.41) is 16.1. The van der Waals surface area contributed by atoms with Crippen LogP contribution in [-0.4, -0.2) is 41.2 Å². The Morgan fingerprint density at radius 1 is 1.22 bits per heavy atom. The van der Waals surface area contributed by atoms with Crippen LogP contribution in [0.15, 0.2) is 23.1 Å². The van der Waals surface area contributed by atoms with E-state index in [2.05, 4.69) is 15.1 Å². The van der Waals surface area contributed by atoms with E-state index in [0.29, 0.717) is 18.7 Å². The van der Waals surface area contributed by atoms with Crippen LogP contribution < -0.4 is 14.8 Å². The molecular formula is C21H30N4O6S. The second-order valence-electron chi connectivity index (χ2n) is 7.74. The summed E-state index contributed by atoms with van der Waals surface area (Å²) in [6, 6.07) is 3.94. The number of benzene rings is 1. The Balaban J connectivity index is 2.60. The summed E-state index contributed by atoms with van der Waals surface area (Å²) < 4.78 is 36.1. The maximum absolute atomic E-state index is 13.1. The highest BCUT2D eigenvalue weighted by Crippen LogP contribution is 2.34. The van der Waals surface area contributed by atoms with E-state index in [-0.39, 0.29) is 45.6 Å². The molecule has 1 amide bonds. The van der Waals surface area contributed by atoms with Gasteiger partial charge in [0.25, 0.3) is 0 Å². The fourth-order valence-corrected chi connectivity index (χ4v) is 4.25. The van der Waals surface area contributed by atoms with E-state index in [1.165, 1.54) is 22.9 Å². The maximum Gasteiger partial charge on any atom is 0.356 e. The summed E-state index contributed by atoms with van der Waals surface area (Å²) in [4.78, 5) is 23.4. The Morgan fingerprint density at radius 2 is 1.88 bits per heavy atom. The zero-order valence-electron chi connectivity index (χ0n) is 19.1. The molecule has 0 aliphatic carbocycles. The molecule has 1 unspecified atom stereocenters. The number of amides is 1. The van der Waals surface area contributed by atoms with Gasteiger partial charge in [-0.2, -0.15) is 5.10 Å². The number of aromatic carboxylic acids is 1. The van der Waals surface area contributed by atoms with Gasteiger partial charge in [-0.1, -0.05) is 20.8 Å². The van der Waals surface area contributed by atoms with E-state index in [1.807, 2.05) is 6.92 Å². The minimum Gasteiger partial charge on any atom is -0.476 e. The van der Waals surface area contributed by atoms with Gasteiger partial charge in [0.1, 0.15) is 10.6 Å². The van der Waals surface area contributed by atoms with Crippen LogP contribution in [0, 0.1) is 12.8 Å². The minimum atomic E-state index is -4.02. The Kier molecular flexibility index (Phi) is 8.02. The first-order valence-corrected chi connectivity index (χ1v) is 11.8. The number of carboxylic acid groups (broad SMARTS) is 1. The number of carboxylic acids is 1. The second kappa shape index (κ2) is 10.1. The molecule has 0 spiro atoms. The Hall–Kier alpha value is -2.92. The number of aryl methyl sites for hydroxylation is 1. The lowest BCUT2D eigenvalue weighted by Crippen LogP contribution is -2.32. The Bertz CT molecular complexity index is 1110. The van der Waals surface area contributed by atoms with Crippen LogP contribution in [-0.2, 0) is 21.4 Å². The predicted octanol–water partition coefficient (Wildman–Crippen LogP) is 3.37. The summed E-state index contributed by atoms with van der Waals surface area (Å²) in [6.45, 7) is 10.7. The highest BCUT2D eigenvalue weighted by atomic mass is 32.2. The van der Waals surface area contributed by atoms with E-state index in [0.717, 1.165) is 0 Å². The van der Waals surface area contributed by atoms with Gasteiger partial charge in [-0.25, -0.2) is 22.6 Å². The SMILES string of the molecule is CCC(C)NS(=O)(=O)c1cc(NC(=O)C(C)C)ccc1Oc1c(C)c(C(=O)O)nn1CC. The van der Waals surface area contributed by atoms with Crippen LogP contribution in [0.1, 0.15) is 57.1 Å². The van der Waals surface area contributed by atoms with E-state index >= 15 is 0 Å². The lowest BCUT2D eigenvalue weighted by molar-refractivity contribution is -0.118. The van der Waals surface area contributed by atoms with Crippen molar-refractivity contribution < 1.29 is 27.9 Å². The third-order valence-electron chi connectivity index (χ3n) is 4.83. The van der Waals surface area contributed by atoms with Gasteiger partial charge in [0.05, 0.1) is 0 Å². The highest BCUT2D eigenvalue weighted by molar-refractivity contribution is 7.89. The van der Waals surface area contributed by atoms with E-state index in [4.69, 9.17) is 4.74 Å².